The van der Waals surface area contributed by atoms with Gasteiger partial charge >= 0.3 is 5.97 Å². The first-order valence-electron chi connectivity index (χ1n) is 8.08. The predicted molar refractivity (Wildman–Crippen MR) is 115 cm³/mol. The first kappa shape index (κ1) is 20.9. The zero-order valence-electron chi connectivity index (χ0n) is 14.5. The molecule has 1 heterocycles. The van der Waals surface area contributed by atoms with Gasteiger partial charge in [-0.15, -0.1) is 0 Å². The standard InChI is InChI=1S/C19H12FIN2O5S/c20-12-3-1-2-4-14(12)23-18(27)11(17(26)22-19(23)29)7-10-5-6-15(13(21)8-10)28-9-16(24)25/h1-8H,9H2,(H,24,25)(H,22,26,29)/b11-7+. The van der Waals surface area contributed by atoms with Crippen LogP contribution in [0.1, 0.15) is 5.56 Å². The molecule has 2 aromatic carbocycles. The van der Waals surface area contributed by atoms with Gasteiger partial charge in [0, 0.05) is 0 Å². The zero-order chi connectivity index (χ0) is 21.1. The molecule has 0 saturated carbocycles. The van der Waals surface area contributed by atoms with E-state index in [1.165, 1.54) is 30.3 Å². The summed E-state index contributed by atoms with van der Waals surface area (Å²) in [4.78, 5) is 36.7. The van der Waals surface area contributed by atoms with Gasteiger partial charge < -0.3 is 9.84 Å². The summed E-state index contributed by atoms with van der Waals surface area (Å²) in [6.45, 7) is -0.494. The third-order valence-corrected chi connectivity index (χ3v) is 4.94. The van der Waals surface area contributed by atoms with Gasteiger partial charge in [0.1, 0.15) is 17.1 Å². The van der Waals surface area contributed by atoms with E-state index in [1.807, 2.05) is 22.6 Å². The highest BCUT2D eigenvalue weighted by Gasteiger charge is 2.35. The lowest BCUT2D eigenvalue weighted by Crippen LogP contribution is -2.54. The summed E-state index contributed by atoms with van der Waals surface area (Å²) in [5.74, 6) is -2.88. The molecule has 1 fully saturated rings. The Labute approximate surface area is 183 Å². The number of hydrogen-bond acceptors (Lipinski definition) is 5. The number of ether oxygens (including phenoxy) is 1. The number of rotatable bonds is 5. The third kappa shape index (κ3) is 4.59. The van der Waals surface area contributed by atoms with E-state index in [1.54, 1.807) is 18.2 Å². The molecule has 0 atom stereocenters. The number of hydrogen-bond donors (Lipinski definition) is 2. The molecule has 2 aromatic rings. The van der Waals surface area contributed by atoms with Gasteiger partial charge in [0.25, 0.3) is 11.8 Å². The summed E-state index contributed by atoms with van der Waals surface area (Å²) in [5, 5.41) is 10.9. The number of halogens is 2. The summed E-state index contributed by atoms with van der Waals surface area (Å²) < 4.78 is 19.9. The monoisotopic (exact) mass is 526 g/mol. The van der Waals surface area contributed by atoms with Gasteiger partial charge in [-0.2, -0.15) is 0 Å². The van der Waals surface area contributed by atoms with Crippen LogP contribution in [0.15, 0.2) is 48.0 Å². The summed E-state index contributed by atoms with van der Waals surface area (Å²) >= 11 is 6.99. The van der Waals surface area contributed by atoms with Gasteiger partial charge in [-0.3, -0.25) is 14.9 Å². The van der Waals surface area contributed by atoms with Crippen molar-refractivity contribution in [3.05, 3.63) is 63.0 Å². The van der Waals surface area contributed by atoms with Crippen molar-refractivity contribution in [1.82, 2.24) is 5.32 Å². The van der Waals surface area contributed by atoms with Crippen molar-refractivity contribution in [2.75, 3.05) is 11.5 Å². The second-order valence-corrected chi connectivity index (χ2v) is 7.33. The molecule has 148 valence electrons. The Bertz CT molecular complexity index is 1070. The molecule has 2 N–H and O–H groups in total. The van der Waals surface area contributed by atoms with Gasteiger partial charge in [0.15, 0.2) is 11.7 Å². The topological polar surface area (TPSA) is 95.9 Å². The molecule has 10 heteroatoms. The van der Waals surface area contributed by atoms with Crippen LogP contribution in [-0.2, 0) is 14.4 Å². The van der Waals surface area contributed by atoms with Crippen LogP contribution >= 0.6 is 34.8 Å². The van der Waals surface area contributed by atoms with Gasteiger partial charge in [-0.25, -0.2) is 14.1 Å². The average molecular weight is 526 g/mol. The maximum atomic E-state index is 14.2. The maximum absolute atomic E-state index is 14.2. The highest BCUT2D eigenvalue weighted by Crippen LogP contribution is 2.26. The van der Waals surface area contributed by atoms with Crippen LogP contribution in [0.25, 0.3) is 6.08 Å². The fourth-order valence-corrected chi connectivity index (χ4v) is 3.51. The SMILES string of the molecule is O=C(O)COc1ccc(/C=C2\C(=O)NC(=S)N(c3ccccc3F)C2=O)cc1I. The molecule has 2 amide bonds. The van der Waals surface area contributed by atoms with E-state index in [4.69, 9.17) is 22.1 Å². The van der Waals surface area contributed by atoms with Crippen molar-refractivity contribution >= 4 is 69.5 Å². The molecular formula is C19H12FIN2O5S. The molecular weight excluding hydrogens is 514 g/mol. The Kier molecular flexibility index (Phi) is 6.23. The summed E-state index contributed by atoms with van der Waals surface area (Å²) in [5.41, 5.74) is 0.203. The number of benzene rings is 2. The van der Waals surface area contributed by atoms with Crippen molar-refractivity contribution in [3.63, 3.8) is 0 Å². The zero-order valence-corrected chi connectivity index (χ0v) is 17.5. The van der Waals surface area contributed by atoms with Crippen molar-refractivity contribution in [2.24, 2.45) is 0 Å². The molecule has 7 nitrogen and oxygen atoms in total. The van der Waals surface area contributed by atoms with Crippen LogP contribution in [0.3, 0.4) is 0 Å². The highest BCUT2D eigenvalue weighted by molar-refractivity contribution is 14.1. The summed E-state index contributed by atoms with van der Waals surface area (Å²) in [6, 6.07) is 10.3. The molecule has 0 radical (unpaired) electrons. The molecule has 0 aliphatic carbocycles. The van der Waals surface area contributed by atoms with Gasteiger partial charge in [0.05, 0.1) is 9.26 Å². The normalized spacial score (nSPS) is 15.4. The van der Waals surface area contributed by atoms with E-state index >= 15 is 0 Å². The highest BCUT2D eigenvalue weighted by atomic mass is 127. The summed E-state index contributed by atoms with van der Waals surface area (Å²) in [7, 11) is 0. The predicted octanol–water partition coefficient (Wildman–Crippen LogP) is 2.73. The minimum absolute atomic E-state index is 0.0691. The van der Waals surface area contributed by atoms with Gasteiger partial charge in [-0.1, -0.05) is 18.2 Å². The molecule has 29 heavy (non-hydrogen) atoms. The van der Waals surface area contributed by atoms with Crippen LogP contribution in [-0.4, -0.2) is 34.6 Å². The number of nitrogens with zero attached hydrogens (tertiary/aromatic N) is 1. The van der Waals surface area contributed by atoms with Crippen molar-refractivity contribution < 1.29 is 28.6 Å². The van der Waals surface area contributed by atoms with E-state index < -0.39 is 30.2 Å². The molecule has 0 bridgehead atoms. The minimum Gasteiger partial charge on any atom is -0.481 e. The Morgan fingerprint density at radius 3 is 2.66 bits per heavy atom. The van der Waals surface area contributed by atoms with Crippen LogP contribution in [0, 0.1) is 9.39 Å². The van der Waals surface area contributed by atoms with Crippen LogP contribution in [0.4, 0.5) is 10.1 Å². The third-order valence-electron chi connectivity index (χ3n) is 3.81. The van der Waals surface area contributed by atoms with Crippen molar-refractivity contribution in [2.45, 2.75) is 0 Å². The average Bonchev–Trinajstić information content (AvgIpc) is 2.65. The van der Waals surface area contributed by atoms with E-state index in [0.29, 0.717) is 14.9 Å². The Hall–Kier alpha value is -2.86. The van der Waals surface area contributed by atoms with Gasteiger partial charge in [0.2, 0.25) is 0 Å². The van der Waals surface area contributed by atoms with E-state index in [-0.39, 0.29) is 16.4 Å². The van der Waals surface area contributed by atoms with E-state index in [2.05, 4.69) is 5.32 Å². The smallest absolute Gasteiger partial charge is 0.341 e. The first-order chi connectivity index (χ1) is 13.8. The number of thiocarbonyl (C=S) groups is 1. The van der Waals surface area contributed by atoms with Crippen LogP contribution in [0.5, 0.6) is 5.75 Å². The lowest BCUT2D eigenvalue weighted by molar-refractivity contribution is -0.139. The lowest BCUT2D eigenvalue weighted by atomic mass is 10.1. The quantitative estimate of drug-likeness (QED) is 0.270. The Morgan fingerprint density at radius 2 is 2.00 bits per heavy atom. The van der Waals surface area contributed by atoms with Crippen molar-refractivity contribution in [1.29, 1.82) is 0 Å². The number of carbonyl (C=O) groups is 3. The molecule has 0 spiro atoms. The molecule has 1 aliphatic rings. The number of amides is 2. The second-order valence-electron chi connectivity index (χ2n) is 5.78. The number of aliphatic carboxylic acids is 1. The summed E-state index contributed by atoms with van der Waals surface area (Å²) in [6.07, 6.45) is 1.34. The number of para-hydroxylation sites is 1. The van der Waals surface area contributed by atoms with Crippen LogP contribution < -0.4 is 15.0 Å². The first-order valence-corrected chi connectivity index (χ1v) is 9.56. The molecule has 3 rings (SSSR count). The molecule has 1 saturated heterocycles. The fraction of sp³-hybridized carbons (Fsp3) is 0.0526. The van der Waals surface area contributed by atoms with E-state index in [0.717, 1.165) is 4.90 Å². The van der Waals surface area contributed by atoms with Crippen LogP contribution in [0.2, 0.25) is 0 Å². The lowest BCUT2D eigenvalue weighted by Gasteiger charge is -2.29. The Balaban J connectivity index is 1.94. The molecule has 0 unspecified atom stereocenters. The van der Waals surface area contributed by atoms with Crippen molar-refractivity contribution in [3.8, 4) is 5.75 Å². The fourth-order valence-electron chi connectivity index (χ4n) is 2.54. The maximum Gasteiger partial charge on any atom is 0.341 e. The van der Waals surface area contributed by atoms with Gasteiger partial charge in [-0.05, 0) is 70.7 Å². The Morgan fingerprint density at radius 1 is 1.28 bits per heavy atom. The molecule has 1 aliphatic heterocycles. The number of nitrogens with one attached hydrogen (secondary N) is 1. The second kappa shape index (κ2) is 8.66. The number of carboxylic acid groups (broad SMARTS) is 1. The number of carbonyl (C=O) groups excluding carboxylic acids is 2. The molecule has 0 aromatic heterocycles. The minimum atomic E-state index is -1.11. The number of anilines is 1. The largest absolute Gasteiger partial charge is 0.481 e. The van der Waals surface area contributed by atoms with E-state index in [9.17, 15) is 18.8 Å². The number of carboxylic acids is 1.